The first-order valence-electron chi connectivity index (χ1n) is 8.92. The molecule has 0 bridgehead atoms. The van der Waals surface area contributed by atoms with E-state index in [4.69, 9.17) is 4.74 Å². The lowest BCUT2D eigenvalue weighted by Gasteiger charge is -2.08. The van der Waals surface area contributed by atoms with Crippen LogP contribution in [0.5, 0.6) is 0 Å². The third-order valence-electron chi connectivity index (χ3n) is 4.15. The minimum atomic E-state index is -0.811. The van der Waals surface area contributed by atoms with Gasteiger partial charge in [-0.15, -0.1) is 11.3 Å². The molecular formula is C19H19N3O6S. The maximum Gasteiger partial charge on any atom is 0.338 e. The van der Waals surface area contributed by atoms with Crippen LogP contribution in [0.15, 0.2) is 30.3 Å². The molecule has 3 rings (SSSR count). The van der Waals surface area contributed by atoms with Crippen molar-refractivity contribution in [3.63, 3.8) is 0 Å². The summed E-state index contributed by atoms with van der Waals surface area (Å²) in [7, 11) is 0. The summed E-state index contributed by atoms with van der Waals surface area (Å²) in [5.74, 6) is -1.37. The largest absolute Gasteiger partial charge is 0.454 e. The number of esters is 1. The summed E-state index contributed by atoms with van der Waals surface area (Å²) in [5, 5.41) is 17.0. The normalized spacial score (nSPS) is 12.9. The van der Waals surface area contributed by atoms with E-state index in [0.717, 1.165) is 23.8 Å². The SMILES string of the molecule is CC(=O)NCc1ccc(C(=O)COC(=O)c2ccc(NC3CC3)c([N+](=O)[O-])c2)s1. The molecule has 1 fully saturated rings. The van der Waals surface area contributed by atoms with Crippen molar-refractivity contribution in [2.24, 2.45) is 0 Å². The van der Waals surface area contributed by atoms with E-state index in [0.29, 0.717) is 17.1 Å². The zero-order valence-corrected chi connectivity index (χ0v) is 16.4. The number of thiophene rings is 1. The number of nitro groups is 1. The summed E-state index contributed by atoms with van der Waals surface area (Å²) in [6, 6.07) is 7.59. The standard InChI is InChI=1S/C19H19N3O6S/c1-11(23)20-9-14-5-7-18(29-14)17(24)10-28-19(25)12-2-6-15(21-13-3-4-13)16(8-12)22(26)27/h2,5-8,13,21H,3-4,9-10H2,1H3,(H,20,23). The Hall–Kier alpha value is -3.27. The fourth-order valence-corrected chi connectivity index (χ4v) is 3.37. The molecule has 0 radical (unpaired) electrons. The molecule has 2 aromatic rings. The smallest absolute Gasteiger partial charge is 0.338 e. The lowest BCUT2D eigenvalue weighted by Crippen LogP contribution is -2.18. The van der Waals surface area contributed by atoms with Gasteiger partial charge < -0.3 is 15.4 Å². The molecule has 10 heteroatoms. The second kappa shape index (κ2) is 8.82. The van der Waals surface area contributed by atoms with E-state index in [9.17, 15) is 24.5 Å². The van der Waals surface area contributed by atoms with Gasteiger partial charge in [-0.1, -0.05) is 0 Å². The van der Waals surface area contributed by atoms with E-state index in [1.54, 1.807) is 12.1 Å². The van der Waals surface area contributed by atoms with Crippen molar-refractivity contribution in [3.05, 3.63) is 55.8 Å². The van der Waals surface area contributed by atoms with Crippen molar-refractivity contribution in [1.29, 1.82) is 0 Å². The highest BCUT2D eigenvalue weighted by Crippen LogP contribution is 2.31. The average molecular weight is 417 g/mol. The molecule has 0 saturated heterocycles. The molecule has 0 spiro atoms. The molecule has 29 heavy (non-hydrogen) atoms. The predicted molar refractivity (Wildman–Crippen MR) is 106 cm³/mol. The van der Waals surface area contributed by atoms with Crippen LogP contribution >= 0.6 is 11.3 Å². The molecule has 1 aromatic carbocycles. The number of ether oxygens (including phenoxy) is 1. The number of nitro benzene ring substituents is 1. The van der Waals surface area contributed by atoms with Gasteiger partial charge in [-0.3, -0.25) is 19.7 Å². The summed E-state index contributed by atoms with van der Waals surface area (Å²) in [4.78, 5) is 47.3. The second-order valence-electron chi connectivity index (χ2n) is 6.58. The summed E-state index contributed by atoms with van der Waals surface area (Å²) >= 11 is 1.20. The Morgan fingerprint density at radius 3 is 2.66 bits per heavy atom. The van der Waals surface area contributed by atoms with Crippen molar-refractivity contribution < 1.29 is 24.0 Å². The van der Waals surface area contributed by atoms with E-state index >= 15 is 0 Å². The zero-order chi connectivity index (χ0) is 21.0. The maximum atomic E-state index is 12.2. The minimum Gasteiger partial charge on any atom is -0.454 e. The van der Waals surface area contributed by atoms with Crippen LogP contribution in [0.1, 0.15) is 44.7 Å². The van der Waals surface area contributed by atoms with Crippen LogP contribution in [-0.4, -0.2) is 35.2 Å². The van der Waals surface area contributed by atoms with Crippen LogP contribution in [0.3, 0.4) is 0 Å². The van der Waals surface area contributed by atoms with E-state index < -0.39 is 17.5 Å². The van der Waals surface area contributed by atoms with Crippen molar-refractivity contribution in [1.82, 2.24) is 5.32 Å². The number of hydrogen-bond donors (Lipinski definition) is 2. The number of carbonyl (C=O) groups is 3. The van der Waals surface area contributed by atoms with Gasteiger partial charge in [0.2, 0.25) is 11.7 Å². The number of nitrogens with zero attached hydrogens (tertiary/aromatic N) is 1. The minimum absolute atomic E-state index is 0.00312. The molecule has 1 saturated carbocycles. The molecule has 152 valence electrons. The Labute approximate surface area is 170 Å². The highest BCUT2D eigenvalue weighted by molar-refractivity contribution is 7.14. The molecule has 0 unspecified atom stereocenters. The number of benzene rings is 1. The fourth-order valence-electron chi connectivity index (χ4n) is 2.50. The third kappa shape index (κ3) is 5.61. The zero-order valence-electron chi connectivity index (χ0n) is 15.6. The van der Waals surface area contributed by atoms with Crippen LogP contribution in [0.25, 0.3) is 0 Å². The number of carbonyl (C=O) groups excluding carboxylic acids is 3. The number of anilines is 1. The highest BCUT2D eigenvalue weighted by Gasteiger charge is 2.26. The van der Waals surface area contributed by atoms with Gasteiger partial charge in [0.25, 0.3) is 5.69 Å². The molecule has 1 aliphatic rings. The number of amides is 1. The van der Waals surface area contributed by atoms with Gasteiger partial charge in [-0.2, -0.15) is 0 Å². The lowest BCUT2D eigenvalue weighted by atomic mass is 10.1. The molecule has 9 nitrogen and oxygen atoms in total. The molecule has 1 heterocycles. The van der Waals surface area contributed by atoms with Gasteiger partial charge in [0.05, 0.1) is 21.9 Å². The highest BCUT2D eigenvalue weighted by atomic mass is 32.1. The number of rotatable bonds is 9. The van der Waals surface area contributed by atoms with Gasteiger partial charge in [0.1, 0.15) is 5.69 Å². The quantitative estimate of drug-likeness (QED) is 0.278. The van der Waals surface area contributed by atoms with E-state index in [1.165, 1.54) is 30.4 Å². The van der Waals surface area contributed by atoms with Gasteiger partial charge in [-0.05, 0) is 37.1 Å². The first-order chi connectivity index (χ1) is 13.8. The molecular weight excluding hydrogens is 398 g/mol. The first kappa shape index (κ1) is 20.5. The van der Waals surface area contributed by atoms with Crippen molar-refractivity contribution >= 4 is 40.4 Å². The lowest BCUT2D eigenvalue weighted by molar-refractivity contribution is -0.384. The van der Waals surface area contributed by atoms with E-state index in [2.05, 4.69) is 10.6 Å². The summed E-state index contributed by atoms with van der Waals surface area (Å²) in [6.07, 6.45) is 1.91. The summed E-state index contributed by atoms with van der Waals surface area (Å²) < 4.78 is 5.03. The molecule has 2 N–H and O–H groups in total. The van der Waals surface area contributed by atoms with Crippen molar-refractivity contribution in [2.75, 3.05) is 11.9 Å². The molecule has 1 amide bonds. The molecule has 0 atom stereocenters. The van der Waals surface area contributed by atoms with Crippen LogP contribution in [0.4, 0.5) is 11.4 Å². The number of hydrogen-bond acceptors (Lipinski definition) is 8. The van der Waals surface area contributed by atoms with Crippen LogP contribution in [0.2, 0.25) is 0 Å². The Kier molecular flexibility index (Phi) is 6.23. The predicted octanol–water partition coefficient (Wildman–Crippen LogP) is 2.91. The van der Waals surface area contributed by atoms with E-state index in [1.807, 2.05) is 0 Å². The molecule has 1 aromatic heterocycles. The van der Waals surface area contributed by atoms with Crippen LogP contribution in [-0.2, 0) is 16.1 Å². The molecule has 0 aliphatic heterocycles. The van der Waals surface area contributed by atoms with Crippen LogP contribution < -0.4 is 10.6 Å². The van der Waals surface area contributed by atoms with Crippen molar-refractivity contribution in [2.45, 2.75) is 32.4 Å². The Balaban J connectivity index is 1.59. The Morgan fingerprint density at radius 1 is 1.24 bits per heavy atom. The number of Topliss-reactive ketones (excluding diaryl/α,β-unsaturated/α-hetero) is 1. The van der Waals surface area contributed by atoms with Crippen molar-refractivity contribution in [3.8, 4) is 0 Å². The number of ketones is 1. The summed E-state index contributed by atoms with van der Waals surface area (Å²) in [6.45, 7) is 1.24. The Morgan fingerprint density at radius 2 is 2.00 bits per heavy atom. The second-order valence-corrected chi connectivity index (χ2v) is 7.75. The van der Waals surface area contributed by atoms with Gasteiger partial charge >= 0.3 is 5.97 Å². The first-order valence-corrected chi connectivity index (χ1v) is 9.73. The Bertz CT molecular complexity index is 967. The monoisotopic (exact) mass is 417 g/mol. The van der Waals surface area contributed by atoms with Crippen LogP contribution in [0, 0.1) is 10.1 Å². The fraction of sp³-hybridized carbons (Fsp3) is 0.316. The average Bonchev–Trinajstić information content (AvgIpc) is 3.37. The molecule has 1 aliphatic carbocycles. The third-order valence-corrected chi connectivity index (χ3v) is 5.28. The maximum absolute atomic E-state index is 12.2. The number of nitrogens with one attached hydrogen (secondary N) is 2. The van der Waals surface area contributed by atoms with Gasteiger partial charge in [-0.25, -0.2) is 4.79 Å². The topological polar surface area (TPSA) is 128 Å². The van der Waals surface area contributed by atoms with Gasteiger partial charge in [0.15, 0.2) is 6.61 Å². The summed E-state index contributed by atoms with van der Waals surface area (Å²) in [5.41, 5.74) is 0.150. The van der Waals surface area contributed by atoms with Gasteiger partial charge in [0, 0.05) is 23.9 Å². The van der Waals surface area contributed by atoms with E-state index in [-0.39, 0.29) is 29.0 Å².